The van der Waals surface area contributed by atoms with Crippen LogP contribution in [-0.4, -0.2) is 23.5 Å². The molecule has 4 aromatic rings. The summed E-state index contributed by atoms with van der Waals surface area (Å²) in [6.07, 6.45) is -8.33. The SMILES string of the molecule is COc1cc2c(cc1OCc1ccc(C(F)(F)F)cc1C(F)(F)F)C1Cc3c([nH]c4ccccc34)CN1CC2. The number of halogens is 6. The molecular formula is C29H24F6N2O2. The van der Waals surface area contributed by atoms with Crippen molar-refractivity contribution < 1.29 is 35.8 Å². The van der Waals surface area contributed by atoms with E-state index in [9.17, 15) is 26.3 Å². The van der Waals surface area contributed by atoms with E-state index in [1.807, 2.05) is 30.3 Å². The number of aromatic nitrogens is 1. The highest BCUT2D eigenvalue weighted by Gasteiger charge is 2.39. The summed E-state index contributed by atoms with van der Waals surface area (Å²) in [6, 6.07) is 13.4. The van der Waals surface area contributed by atoms with Crippen molar-refractivity contribution >= 4 is 10.9 Å². The number of hydrogen-bond donors (Lipinski definition) is 1. The van der Waals surface area contributed by atoms with Gasteiger partial charge < -0.3 is 14.5 Å². The number of ether oxygens (including phenoxy) is 2. The normalized spacial score (nSPS) is 17.5. The Morgan fingerprint density at radius 2 is 1.74 bits per heavy atom. The van der Waals surface area contributed by atoms with Crippen LogP contribution in [0.15, 0.2) is 54.6 Å². The summed E-state index contributed by atoms with van der Waals surface area (Å²) in [4.78, 5) is 5.89. The van der Waals surface area contributed by atoms with Gasteiger partial charge in [0.05, 0.1) is 18.2 Å². The number of nitrogens with zero attached hydrogens (tertiary/aromatic N) is 1. The van der Waals surface area contributed by atoms with Crippen LogP contribution in [0.1, 0.15) is 45.1 Å². The summed E-state index contributed by atoms with van der Waals surface area (Å²) >= 11 is 0. The first kappa shape index (κ1) is 25.6. The molecule has 0 saturated carbocycles. The van der Waals surface area contributed by atoms with Gasteiger partial charge in [-0.25, -0.2) is 0 Å². The fourth-order valence-corrected chi connectivity index (χ4v) is 5.78. The zero-order chi connectivity index (χ0) is 27.5. The number of para-hydroxylation sites is 1. The average molecular weight is 547 g/mol. The molecule has 4 nitrogen and oxygen atoms in total. The molecule has 1 atom stereocenters. The van der Waals surface area contributed by atoms with Crippen LogP contribution in [0.5, 0.6) is 11.5 Å². The van der Waals surface area contributed by atoms with Crippen LogP contribution >= 0.6 is 0 Å². The third kappa shape index (κ3) is 4.60. The van der Waals surface area contributed by atoms with Gasteiger partial charge in [-0.05, 0) is 59.9 Å². The van der Waals surface area contributed by atoms with Crippen LogP contribution in [0.2, 0.25) is 0 Å². The number of benzene rings is 3. The zero-order valence-corrected chi connectivity index (χ0v) is 20.8. The van der Waals surface area contributed by atoms with Gasteiger partial charge >= 0.3 is 12.4 Å². The smallest absolute Gasteiger partial charge is 0.416 e. The first-order valence-electron chi connectivity index (χ1n) is 12.5. The number of alkyl halides is 6. The summed E-state index contributed by atoms with van der Waals surface area (Å²) in [5.41, 5.74) is 2.47. The molecule has 10 heteroatoms. The highest BCUT2D eigenvalue weighted by atomic mass is 19.4. The highest BCUT2D eigenvalue weighted by Crippen LogP contribution is 2.44. The summed E-state index contributed by atoms with van der Waals surface area (Å²) in [7, 11) is 1.45. The molecule has 1 aromatic heterocycles. The maximum Gasteiger partial charge on any atom is 0.416 e. The quantitative estimate of drug-likeness (QED) is 0.270. The highest BCUT2D eigenvalue weighted by molar-refractivity contribution is 5.85. The van der Waals surface area contributed by atoms with E-state index >= 15 is 0 Å². The van der Waals surface area contributed by atoms with E-state index in [4.69, 9.17) is 9.47 Å². The molecule has 0 aliphatic carbocycles. The molecule has 0 amide bonds. The Balaban J connectivity index is 1.33. The van der Waals surface area contributed by atoms with Gasteiger partial charge in [0.25, 0.3) is 0 Å². The molecule has 0 radical (unpaired) electrons. The number of nitrogens with one attached hydrogen (secondary N) is 1. The summed E-state index contributed by atoms with van der Waals surface area (Å²) < 4.78 is 91.5. The molecule has 204 valence electrons. The summed E-state index contributed by atoms with van der Waals surface area (Å²) in [5.74, 6) is 0.613. The van der Waals surface area contributed by atoms with Gasteiger partial charge in [-0.1, -0.05) is 24.3 Å². The van der Waals surface area contributed by atoms with Crippen molar-refractivity contribution in [1.29, 1.82) is 0 Å². The Bertz CT molecular complexity index is 1560. The number of methoxy groups -OCH3 is 1. The molecule has 2 aliphatic rings. The Labute approximate surface area is 220 Å². The number of aromatic amines is 1. The lowest BCUT2D eigenvalue weighted by Gasteiger charge is -2.40. The molecule has 1 unspecified atom stereocenters. The van der Waals surface area contributed by atoms with Crippen LogP contribution < -0.4 is 9.47 Å². The summed E-state index contributed by atoms with van der Waals surface area (Å²) in [6.45, 7) is 1.02. The predicted molar refractivity (Wildman–Crippen MR) is 133 cm³/mol. The molecular weight excluding hydrogens is 522 g/mol. The minimum absolute atomic E-state index is 0.0468. The molecule has 0 fully saturated rings. The molecule has 39 heavy (non-hydrogen) atoms. The Morgan fingerprint density at radius 1 is 0.949 bits per heavy atom. The van der Waals surface area contributed by atoms with E-state index in [0.29, 0.717) is 11.8 Å². The lowest BCUT2D eigenvalue weighted by molar-refractivity contribution is -0.143. The number of H-pyrrole nitrogens is 1. The first-order chi connectivity index (χ1) is 18.5. The minimum atomic E-state index is -4.97. The lowest BCUT2D eigenvalue weighted by atomic mass is 9.85. The van der Waals surface area contributed by atoms with E-state index in [-0.39, 0.29) is 17.9 Å². The molecule has 0 spiro atoms. The van der Waals surface area contributed by atoms with Gasteiger partial charge in [0.2, 0.25) is 0 Å². The third-order valence-electron chi connectivity index (χ3n) is 7.68. The van der Waals surface area contributed by atoms with Gasteiger partial charge in [-0.2, -0.15) is 26.3 Å². The van der Waals surface area contributed by atoms with Crippen LogP contribution in [0, 0.1) is 0 Å². The largest absolute Gasteiger partial charge is 0.493 e. The molecule has 2 aliphatic heterocycles. The van der Waals surface area contributed by atoms with Gasteiger partial charge in [-0.3, -0.25) is 4.90 Å². The lowest BCUT2D eigenvalue weighted by Crippen LogP contribution is -2.39. The number of hydrogen-bond acceptors (Lipinski definition) is 3. The standard InChI is InChI=1S/C29H24F6N2O2/c1-38-26-10-16-8-9-37-14-24-21(19-4-2-3-5-23(19)36-24)12-25(37)20(16)13-27(26)39-15-17-6-7-18(28(30,31)32)11-22(17)29(33,34)35/h2-7,10-11,13,25,36H,8-9,12,14-15H2,1H3. The number of rotatable bonds is 4. The van der Waals surface area contributed by atoms with Crippen molar-refractivity contribution in [2.24, 2.45) is 0 Å². The fraction of sp³-hybridized carbons (Fsp3) is 0.310. The number of fused-ring (bicyclic) bond motifs is 6. The topological polar surface area (TPSA) is 37.5 Å². The second kappa shape index (κ2) is 9.22. The van der Waals surface area contributed by atoms with Crippen molar-refractivity contribution in [3.8, 4) is 11.5 Å². The second-order valence-electron chi connectivity index (χ2n) is 9.93. The molecule has 6 rings (SSSR count). The minimum Gasteiger partial charge on any atom is -0.493 e. The van der Waals surface area contributed by atoms with E-state index in [2.05, 4.69) is 16.0 Å². The Morgan fingerprint density at radius 3 is 2.49 bits per heavy atom. The van der Waals surface area contributed by atoms with Gasteiger partial charge in [-0.15, -0.1) is 0 Å². The van der Waals surface area contributed by atoms with Crippen molar-refractivity contribution in [3.63, 3.8) is 0 Å². The zero-order valence-electron chi connectivity index (χ0n) is 20.8. The van der Waals surface area contributed by atoms with E-state index in [1.54, 1.807) is 0 Å². The van der Waals surface area contributed by atoms with E-state index in [1.165, 1.54) is 23.8 Å². The van der Waals surface area contributed by atoms with Crippen molar-refractivity contribution in [1.82, 2.24) is 9.88 Å². The van der Waals surface area contributed by atoms with Crippen LogP contribution in [-0.2, 0) is 38.3 Å². The maximum atomic E-state index is 13.6. The third-order valence-corrected chi connectivity index (χ3v) is 7.68. The predicted octanol–water partition coefficient (Wildman–Crippen LogP) is 7.45. The fourth-order valence-electron chi connectivity index (χ4n) is 5.78. The van der Waals surface area contributed by atoms with Crippen molar-refractivity contribution in [3.05, 3.63) is 93.7 Å². The van der Waals surface area contributed by atoms with Crippen LogP contribution in [0.4, 0.5) is 26.3 Å². The molecule has 0 bridgehead atoms. The average Bonchev–Trinajstić information content (AvgIpc) is 3.26. The molecule has 3 aromatic carbocycles. The first-order valence-corrected chi connectivity index (χ1v) is 12.5. The molecule has 3 heterocycles. The van der Waals surface area contributed by atoms with Crippen molar-refractivity contribution in [2.75, 3.05) is 13.7 Å². The van der Waals surface area contributed by atoms with Crippen LogP contribution in [0.3, 0.4) is 0 Å². The Kier molecular flexibility index (Phi) is 6.05. The molecule has 1 N–H and O–H groups in total. The van der Waals surface area contributed by atoms with Crippen LogP contribution in [0.25, 0.3) is 10.9 Å². The van der Waals surface area contributed by atoms with Gasteiger partial charge in [0.15, 0.2) is 11.5 Å². The van der Waals surface area contributed by atoms with Crippen molar-refractivity contribution in [2.45, 2.75) is 44.4 Å². The second-order valence-corrected chi connectivity index (χ2v) is 9.93. The Hall–Kier alpha value is -3.66. The van der Waals surface area contributed by atoms with E-state index in [0.717, 1.165) is 48.6 Å². The van der Waals surface area contributed by atoms with Gasteiger partial charge in [0, 0.05) is 41.3 Å². The molecule has 0 saturated heterocycles. The van der Waals surface area contributed by atoms with E-state index < -0.39 is 35.6 Å². The maximum absolute atomic E-state index is 13.6. The monoisotopic (exact) mass is 546 g/mol. The van der Waals surface area contributed by atoms with Gasteiger partial charge in [0.1, 0.15) is 6.61 Å². The summed E-state index contributed by atoms with van der Waals surface area (Å²) in [5, 5.41) is 1.17.